The maximum atomic E-state index is 3.38. The van der Waals surface area contributed by atoms with E-state index in [1.807, 2.05) is 0 Å². The maximum Gasteiger partial charge on any atom is 0.0480 e. The number of nitrogens with one attached hydrogen (secondary N) is 1. The van der Waals surface area contributed by atoms with Crippen LogP contribution in [0.3, 0.4) is 0 Å². The zero-order valence-electron chi connectivity index (χ0n) is 13.0. The summed E-state index contributed by atoms with van der Waals surface area (Å²) >= 11 is 0. The second kappa shape index (κ2) is 7.46. The molecule has 0 unspecified atom stereocenters. The van der Waals surface area contributed by atoms with E-state index in [9.17, 15) is 0 Å². The standard InChI is InChI=1S/C17H27N3/c1-4-18-14-15-7-8-17-16(13-15)9-10-20(17)12-11-19(5-2)6-3/h7-10,13,18H,4-6,11-12,14H2,1-3H3. The SMILES string of the molecule is CCNCc1ccc2c(ccn2CCN(CC)CC)c1. The van der Waals surface area contributed by atoms with Crippen molar-refractivity contribution in [3.63, 3.8) is 0 Å². The highest BCUT2D eigenvalue weighted by Gasteiger charge is 2.04. The minimum Gasteiger partial charge on any atom is -0.346 e. The lowest BCUT2D eigenvalue weighted by Crippen LogP contribution is -2.26. The van der Waals surface area contributed by atoms with Crippen LogP contribution in [0.5, 0.6) is 0 Å². The van der Waals surface area contributed by atoms with Gasteiger partial charge in [0.2, 0.25) is 0 Å². The molecule has 0 aliphatic carbocycles. The summed E-state index contributed by atoms with van der Waals surface area (Å²) < 4.78 is 2.37. The van der Waals surface area contributed by atoms with Crippen LogP contribution in [0.2, 0.25) is 0 Å². The Labute approximate surface area is 122 Å². The van der Waals surface area contributed by atoms with Gasteiger partial charge >= 0.3 is 0 Å². The fourth-order valence-electron chi connectivity index (χ4n) is 2.61. The average Bonchev–Trinajstić information content (AvgIpc) is 2.88. The largest absolute Gasteiger partial charge is 0.346 e. The Hall–Kier alpha value is -1.32. The van der Waals surface area contributed by atoms with Crippen molar-refractivity contribution in [1.29, 1.82) is 0 Å². The number of rotatable bonds is 8. The zero-order chi connectivity index (χ0) is 14.4. The van der Waals surface area contributed by atoms with E-state index in [2.05, 4.69) is 66.0 Å². The molecule has 0 aliphatic rings. The predicted molar refractivity (Wildman–Crippen MR) is 87.1 cm³/mol. The van der Waals surface area contributed by atoms with E-state index >= 15 is 0 Å². The van der Waals surface area contributed by atoms with Crippen LogP contribution in [0.1, 0.15) is 26.3 Å². The van der Waals surface area contributed by atoms with Crippen molar-refractivity contribution in [1.82, 2.24) is 14.8 Å². The molecule has 3 heteroatoms. The van der Waals surface area contributed by atoms with Gasteiger partial charge in [-0.25, -0.2) is 0 Å². The van der Waals surface area contributed by atoms with Gasteiger partial charge in [-0.1, -0.05) is 26.8 Å². The molecule has 0 bridgehead atoms. The molecule has 1 aromatic carbocycles. The van der Waals surface area contributed by atoms with E-state index in [4.69, 9.17) is 0 Å². The summed E-state index contributed by atoms with van der Waals surface area (Å²) in [6.07, 6.45) is 2.21. The van der Waals surface area contributed by atoms with Crippen LogP contribution >= 0.6 is 0 Å². The predicted octanol–water partition coefficient (Wildman–Crippen LogP) is 3.09. The van der Waals surface area contributed by atoms with E-state index in [1.165, 1.54) is 16.5 Å². The summed E-state index contributed by atoms with van der Waals surface area (Å²) in [4.78, 5) is 2.46. The average molecular weight is 273 g/mol. The van der Waals surface area contributed by atoms with Crippen molar-refractivity contribution in [3.05, 3.63) is 36.0 Å². The first-order valence-corrected chi connectivity index (χ1v) is 7.79. The van der Waals surface area contributed by atoms with Crippen LogP contribution in [0, 0.1) is 0 Å². The van der Waals surface area contributed by atoms with Crippen molar-refractivity contribution in [2.75, 3.05) is 26.2 Å². The Morgan fingerprint density at radius 2 is 1.90 bits per heavy atom. The molecule has 0 atom stereocenters. The number of hydrogen-bond donors (Lipinski definition) is 1. The van der Waals surface area contributed by atoms with Gasteiger partial charge in [-0.2, -0.15) is 0 Å². The molecule has 0 amide bonds. The smallest absolute Gasteiger partial charge is 0.0480 e. The summed E-state index contributed by atoms with van der Waals surface area (Å²) in [6, 6.07) is 9.02. The van der Waals surface area contributed by atoms with Crippen molar-refractivity contribution in [2.24, 2.45) is 0 Å². The van der Waals surface area contributed by atoms with Gasteiger partial charge in [-0.3, -0.25) is 0 Å². The normalized spacial score (nSPS) is 11.6. The van der Waals surface area contributed by atoms with Crippen LogP contribution in [0.4, 0.5) is 0 Å². The third-order valence-corrected chi connectivity index (χ3v) is 3.97. The van der Waals surface area contributed by atoms with Crippen LogP contribution in [0.15, 0.2) is 30.5 Å². The van der Waals surface area contributed by atoms with Crippen LogP contribution < -0.4 is 5.32 Å². The molecule has 1 heterocycles. The molecule has 0 spiro atoms. The first kappa shape index (κ1) is 15.1. The number of hydrogen-bond acceptors (Lipinski definition) is 2. The summed E-state index contributed by atoms with van der Waals surface area (Å²) in [5.74, 6) is 0. The van der Waals surface area contributed by atoms with Gasteiger partial charge in [0, 0.05) is 31.3 Å². The second-order valence-corrected chi connectivity index (χ2v) is 5.21. The number of fused-ring (bicyclic) bond motifs is 1. The molecule has 1 N–H and O–H groups in total. The van der Waals surface area contributed by atoms with E-state index < -0.39 is 0 Å². The highest BCUT2D eigenvalue weighted by Crippen LogP contribution is 2.18. The monoisotopic (exact) mass is 273 g/mol. The molecule has 110 valence electrons. The van der Waals surface area contributed by atoms with E-state index in [0.717, 1.165) is 39.3 Å². The van der Waals surface area contributed by atoms with E-state index in [-0.39, 0.29) is 0 Å². The molecule has 1 aromatic heterocycles. The number of aromatic nitrogens is 1. The first-order chi connectivity index (χ1) is 9.78. The summed E-state index contributed by atoms with van der Waals surface area (Å²) in [5.41, 5.74) is 2.71. The maximum absolute atomic E-state index is 3.38. The second-order valence-electron chi connectivity index (χ2n) is 5.21. The number of likely N-dealkylation sites (N-methyl/N-ethyl adjacent to an activating group) is 1. The molecule has 2 rings (SSSR count). The van der Waals surface area contributed by atoms with Crippen LogP contribution in [-0.2, 0) is 13.1 Å². The molecule has 0 aliphatic heterocycles. The Bertz CT molecular complexity index is 526. The van der Waals surface area contributed by atoms with Crippen molar-refractivity contribution >= 4 is 10.9 Å². The third kappa shape index (κ3) is 3.62. The highest BCUT2D eigenvalue weighted by atomic mass is 15.1. The fourth-order valence-corrected chi connectivity index (χ4v) is 2.61. The molecule has 0 fully saturated rings. The summed E-state index contributed by atoms with van der Waals surface area (Å²) in [5, 5.41) is 4.73. The zero-order valence-corrected chi connectivity index (χ0v) is 13.0. The number of nitrogens with zero attached hydrogens (tertiary/aromatic N) is 2. The summed E-state index contributed by atoms with van der Waals surface area (Å²) in [7, 11) is 0. The van der Waals surface area contributed by atoms with Crippen LogP contribution in [-0.4, -0.2) is 35.6 Å². The van der Waals surface area contributed by atoms with Gasteiger partial charge in [0.15, 0.2) is 0 Å². The number of benzene rings is 1. The quantitative estimate of drug-likeness (QED) is 0.797. The molecular weight excluding hydrogens is 246 g/mol. The molecular formula is C17H27N3. The lowest BCUT2D eigenvalue weighted by atomic mass is 10.1. The minimum atomic E-state index is 0.955. The molecule has 0 radical (unpaired) electrons. The third-order valence-electron chi connectivity index (χ3n) is 3.97. The lowest BCUT2D eigenvalue weighted by Gasteiger charge is -2.18. The summed E-state index contributed by atoms with van der Waals surface area (Å²) in [6.45, 7) is 13.0. The van der Waals surface area contributed by atoms with Gasteiger partial charge in [-0.05, 0) is 48.8 Å². The molecule has 0 saturated heterocycles. The van der Waals surface area contributed by atoms with Gasteiger partial charge in [0.1, 0.15) is 0 Å². The van der Waals surface area contributed by atoms with Crippen molar-refractivity contribution in [3.8, 4) is 0 Å². The molecule has 20 heavy (non-hydrogen) atoms. The minimum absolute atomic E-state index is 0.955. The Morgan fingerprint density at radius 1 is 1.10 bits per heavy atom. The topological polar surface area (TPSA) is 20.2 Å². The van der Waals surface area contributed by atoms with Gasteiger partial charge in [-0.15, -0.1) is 0 Å². The van der Waals surface area contributed by atoms with Crippen LogP contribution in [0.25, 0.3) is 10.9 Å². The van der Waals surface area contributed by atoms with Gasteiger partial charge in [0.05, 0.1) is 0 Å². The molecule has 2 aromatic rings. The van der Waals surface area contributed by atoms with Gasteiger partial charge < -0.3 is 14.8 Å². The van der Waals surface area contributed by atoms with Gasteiger partial charge in [0.25, 0.3) is 0 Å². The first-order valence-electron chi connectivity index (χ1n) is 7.79. The Morgan fingerprint density at radius 3 is 2.60 bits per heavy atom. The van der Waals surface area contributed by atoms with E-state index in [0.29, 0.717) is 0 Å². The molecule has 3 nitrogen and oxygen atoms in total. The Kier molecular flexibility index (Phi) is 5.62. The highest BCUT2D eigenvalue weighted by molar-refractivity contribution is 5.80. The lowest BCUT2D eigenvalue weighted by molar-refractivity contribution is 0.292. The Balaban J connectivity index is 2.08. The van der Waals surface area contributed by atoms with E-state index in [1.54, 1.807) is 0 Å². The van der Waals surface area contributed by atoms with Crippen molar-refractivity contribution in [2.45, 2.75) is 33.9 Å². The van der Waals surface area contributed by atoms with Crippen molar-refractivity contribution < 1.29 is 0 Å². The fraction of sp³-hybridized carbons (Fsp3) is 0.529. The molecule has 0 saturated carbocycles.